The third kappa shape index (κ3) is 3.77. The van der Waals surface area contributed by atoms with Gasteiger partial charge in [0.25, 0.3) is 0 Å². The van der Waals surface area contributed by atoms with Crippen molar-refractivity contribution < 1.29 is 4.58 Å². The lowest BCUT2D eigenvalue weighted by Crippen LogP contribution is -2.44. The molecule has 0 atom stereocenters. The Morgan fingerprint density at radius 1 is 1.17 bits per heavy atom. The fraction of sp³-hybridized carbons (Fsp3) is 0.526. The quantitative estimate of drug-likeness (QED) is 0.725. The Labute approximate surface area is 149 Å². The van der Waals surface area contributed by atoms with Gasteiger partial charge in [-0.15, -0.1) is 0 Å². The zero-order valence-corrected chi connectivity index (χ0v) is 15.9. The third-order valence-corrected chi connectivity index (χ3v) is 5.88. The van der Waals surface area contributed by atoms with Crippen LogP contribution in [0.1, 0.15) is 38.7 Å². The van der Waals surface area contributed by atoms with Crippen molar-refractivity contribution in [1.29, 1.82) is 0 Å². The lowest BCUT2D eigenvalue weighted by atomic mass is 9.93. The van der Waals surface area contributed by atoms with E-state index in [1.54, 1.807) is 0 Å². The minimum atomic E-state index is 0.130. The van der Waals surface area contributed by atoms with Gasteiger partial charge >= 0.3 is 0 Å². The van der Waals surface area contributed by atoms with Crippen LogP contribution in [0.5, 0.6) is 0 Å². The van der Waals surface area contributed by atoms with E-state index in [2.05, 4.69) is 47.8 Å². The second-order valence-corrected chi connectivity index (χ2v) is 8.34. The Bertz CT molecular complexity index is 625. The second-order valence-electron chi connectivity index (χ2n) is 7.07. The SMILES string of the molecule is CSC1=[N+](Cc2ccc(Cl)cc2)C(C)(C)CC(N2CCCC2)=C1. The van der Waals surface area contributed by atoms with Gasteiger partial charge in [0.05, 0.1) is 6.42 Å². The molecule has 3 rings (SSSR count). The van der Waals surface area contributed by atoms with Crippen molar-refractivity contribution >= 4 is 28.4 Å². The summed E-state index contributed by atoms with van der Waals surface area (Å²) in [6.45, 7) is 8.11. The van der Waals surface area contributed by atoms with Crippen molar-refractivity contribution in [2.45, 2.75) is 45.2 Å². The van der Waals surface area contributed by atoms with Crippen LogP contribution in [-0.4, -0.2) is 39.4 Å². The number of likely N-dealkylation sites (tertiary alicyclic amines) is 1. The van der Waals surface area contributed by atoms with E-state index < -0.39 is 0 Å². The van der Waals surface area contributed by atoms with E-state index in [1.807, 2.05) is 23.9 Å². The number of nitrogens with zero attached hydrogens (tertiary/aromatic N) is 2. The summed E-state index contributed by atoms with van der Waals surface area (Å²) in [6, 6.07) is 8.24. The van der Waals surface area contributed by atoms with Crippen molar-refractivity contribution in [2.24, 2.45) is 0 Å². The Morgan fingerprint density at radius 3 is 2.43 bits per heavy atom. The number of benzene rings is 1. The van der Waals surface area contributed by atoms with Gasteiger partial charge in [0.15, 0.2) is 12.1 Å². The third-order valence-electron chi connectivity index (χ3n) is 4.88. The van der Waals surface area contributed by atoms with Crippen LogP contribution in [-0.2, 0) is 6.54 Å². The molecule has 0 aliphatic carbocycles. The van der Waals surface area contributed by atoms with Gasteiger partial charge in [-0.2, -0.15) is 0 Å². The maximum absolute atomic E-state index is 6.02. The molecule has 0 radical (unpaired) electrons. The Hall–Kier alpha value is -0.930. The van der Waals surface area contributed by atoms with Crippen molar-refractivity contribution in [3.63, 3.8) is 0 Å². The number of hydrogen-bond acceptors (Lipinski definition) is 2. The van der Waals surface area contributed by atoms with Gasteiger partial charge in [0.2, 0.25) is 5.04 Å². The van der Waals surface area contributed by atoms with Gasteiger partial charge < -0.3 is 4.90 Å². The van der Waals surface area contributed by atoms with E-state index in [9.17, 15) is 0 Å². The summed E-state index contributed by atoms with van der Waals surface area (Å²) in [5.74, 6) is 0. The number of halogens is 1. The normalized spacial score (nSPS) is 20.9. The zero-order valence-electron chi connectivity index (χ0n) is 14.3. The molecule has 0 aromatic heterocycles. The van der Waals surface area contributed by atoms with Gasteiger partial charge in [-0.3, -0.25) is 0 Å². The Balaban J connectivity index is 1.92. The maximum atomic E-state index is 6.02. The molecule has 0 saturated carbocycles. The van der Waals surface area contributed by atoms with E-state index in [-0.39, 0.29) is 5.54 Å². The molecule has 0 bridgehead atoms. The monoisotopic (exact) mass is 349 g/mol. The molecule has 0 amide bonds. The molecule has 1 saturated heterocycles. The lowest BCUT2D eigenvalue weighted by Gasteiger charge is -2.33. The highest BCUT2D eigenvalue weighted by Crippen LogP contribution is 2.32. The van der Waals surface area contributed by atoms with Crippen molar-refractivity contribution in [1.82, 2.24) is 4.90 Å². The molecule has 2 heterocycles. The van der Waals surface area contributed by atoms with Crippen molar-refractivity contribution in [3.8, 4) is 0 Å². The molecule has 23 heavy (non-hydrogen) atoms. The van der Waals surface area contributed by atoms with Crippen molar-refractivity contribution in [3.05, 3.63) is 46.6 Å². The largest absolute Gasteiger partial charge is 0.374 e. The minimum absolute atomic E-state index is 0.130. The standard InChI is InChI=1S/C19H26ClN2S/c1-19(2)13-17(21-10-4-5-11-21)12-18(23-3)22(19)14-15-6-8-16(20)9-7-15/h6-9,12H,4-5,10-11,13-14H2,1-3H3/q+1. The molecule has 2 aliphatic rings. The predicted octanol–water partition coefficient (Wildman–Crippen LogP) is 4.78. The Kier molecular flexibility index (Phi) is 5.07. The van der Waals surface area contributed by atoms with Gasteiger partial charge in [-0.25, -0.2) is 4.58 Å². The molecule has 1 fully saturated rings. The Morgan fingerprint density at radius 2 is 1.83 bits per heavy atom. The summed E-state index contributed by atoms with van der Waals surface area (Å²) >= 11 is 7.87. The topological polar surface area (TPSA) is 6.25 Å². The fourth-order valence-corrected chi connectivity index (χ4v) is 4.46. The molecule has 4 heteroatoms. The number of thioether (sulfide) groups is 1. The highest BCUT2D eigenvalue weighted by atomic mass is 35.5. The minimum Gasteiger partial charge on any atom is -0.374 e. The first-order valence-electron chi connectivity index (χ1n) is 8.38. The van der Waals surface area contributed by atoms with E-state index in [1.165, 1.54) is 42.2 Å². The first kappa shape index (κ1) is 16.9. The molecule has 0 unspecified atom stereocenters. The predicted molar refractivity (Wildman–Crippen MR) is 102 cm³/mol. The van der Waals surface area contributed by atoms with E-state index in [0.29, 0.717) is 0 Å². The molecular weight excluding hydrogens is 324 g/mol. The lowest BCUT2D eigenvalue weighted by molar-refractivity contribution is -0.614. The van der Waals surface area contributed by atoms with Crippen LogP contribution in [0.15, 0.2) is 36.0 Å². The van der Waals surface area contributed by atoms with E-state index >= 15 is 0 Å². The zero-order chi connectivity index (χ0) is 16.4. The summed E-state index contributed by atoms with van der Waals surface area (Å²) in [4.78, 5) is 2.58. The molecule has 124 valence electrons. The molecular formula is C19H26ClN2S+. The van der Waals surface area contributed by atoms with E-state index in [4.69, 9.17) is 11.6 Å². The second kappa shape index (κ2) is 6.90. The van der Waals surface area contributed by atoms with Crippen molar-refractivity contribution in [2.75, 3.05) is 19.3 Å². The number of rotatable bonds is 3. The van der Waals surface area contributed by atoms with Gasteiger partial charge in [0, 0.05) is 49.3 Å². The molecule has 0 spiro atoms. The van der Waals surface area contributed by atoms with Crippen LogP contribution >= 0.6 is 23.4 Å². The van der Waals surface area contributed by atoms with Crippen LogP contribution in [0, 0.1) is 0 Å². The molecule has 2 aliphatic heterocycles. The van der Waals surface area contributed by atoms with Crippen LogP contribution in [0.4, 0.5) is 0 Å². The van der Waals surface area contributed by atoms with E-state index in [0.717, 1.165) is 18.0 Å². The van der Waals surface area contributed by atoms with Crippen LogP contribution in [0.2, 0.25) is 5.02 Å². The summed E-state index contributed by atoms with van der Waals surface area (Å²) in [5, 5.41) is 2.18. The van der Waals surface area contributed by atoms with Crippen LogP contribution in [0.25, 0.3) is 0 Å². The highest BCUT2D eigenvalue weighted by Gasteiger charge is 2.39. The maximum Gasteiger partial charge on any atom is 0.236 e. The fourth-order valence-electron chi connectivity index (χ4n) is 3.55. The van der Waals surface area contributed by atoms with Crippen LogP contribution < -0.4 is 0 Å². The summed E-state index contributed by atoms with van der Waals surface area (Å²) in [5.41, 5.74) is 2.96. The summed E-state index contributed by atoms with van der Waals surface area (Å²) in [7, 11) is 0. The average molecular weight is 350 g/mol. The molecule has 1 aromatic carbocycles. The first-order chi connectivity index (χ1) is 11.0. The average Bonchev–Trinajstić information content (AvgIpc) is 3.05. The highest BCUT2D eigenvalue weighted by molar-refractivity contribution is 8.13. The summed E-state index contributed by atoms with van der Waals surface area (Å²) in [6.07, 6.45) is 8.38. The molecule has 2 nitrogen and oxygen atoms in total. The number of hydrogen-bond donors (Lipinski definition) is 0. The van der Waals surface area contributed by atoms with Gasteiger partial charge in [-0.05, 0) is 31.2 Å². The molecule has 1 aromatic rings. The summed E-state index contributed by atoms with van der Waals surface area (Å²) < 4.78 is 2.54. The smallest absolute Gasteiger partial charge is 0.236 e. The van der Waals surface area contributed by atoms with Gasteiger partial charge in [-0.1, -0.05) is 35.5 Å². The first-order valence-corrected chi connectivity index (χ1v) is 9.98. The molecule has 0 N–H and O–H groups in total. The van der Waals surface area contributed by atoms with Crippen LogP contribution in [0.3, 0.4) is 0 Å². The van der Waals surface area contributed by atoms with Gasteiger partial charge in [0.1, 0.15) is 0 Å².